The van der Waals surface area contributed by atoms with Crippen LogP contribution in [0.4, 0.5) is 28.8 Å². The van der Waals surface area contributed by atoms with Crippen molar-refractivity contribution in [1.82, 2.24) is 20.6 Å². The highest BCUT2D eigenvalue weighted by atomic mass is 35.5. The highest BCUT2D eigenvalue weighted by molar-refractivity contribution is 7.92. The Balaban J connectivity index is 0.000000302. The second-order valence-corrected chi connectivity index (χ2v) is 17.2. The summed E-state index contributed by atoms with van der Waals surface area (Å²) in [7, 11) is -4.01. The fraction of sp³-hybridized carbons (Fsp3) is 0.488. The van der Waals surface area contributed by atoms with E-state index >= 15 is 0 Å². The maximum absolute atomic E-state index is 13.1. The van der Waals surface area contributed by atoms with Crippen LogP contribution < -0.4 is 36.5 Å². The molecule has 0 aliphatic carbocycles. The van der Waals surface area contributed by atoms with Gasteiger partial charge in [-0.15, -0.1) is 0 Å². The number of piperidine rings is 2. The van der Waals surface area contributed by atoms with Crippen LogP contribution in [-0.2, 0) is 9.84 Å². The molecule has 0 bridgehead atoms. The molecule has 0 atom stereocenters. The van der Waals surface area contributed by atoms with Gasteiger partial charge in [0.1, 0.15) is 16.5 Å². The molecule has 3 heterocycles. The lowest BCUT2D eigenvalue weighted by Crippen LogP contribution is -2.27. The van der Waals surface area contributed by atoms with Crippen molar-refractivity contribution in [2.75, 3.05) is 42.4 Å². The number of nitrogens with zero attached hydrogens (tertiary/aromatic N) is 2. The first-order valence-corrected chi connectivity index (χ1v) is 20.5. The van der Waals surface area contributed by atoms with Crippen molar-refractivity contribution in [3.8, 4) is 11.5 Å². The van der Waals surface area contributed by atoms with E-state index in [-0.39, 0.29) is 77.1 Å². The first-order chi connectivity index (χ1) is 29.8. The van der Waals surface area contributed by atoms with E-state index in [0.29, 0.717) is 22.9 Å². The van der Waals surface area contributed by atoms with Gasteiger partial charge in [0.05, 0.1) is 45.6 Å². The van der Waals surface area contributed by atoms with Crippen LogP contribution in [0.15, 0.2) is 59.6 Å². The van der Waals surface area contributed by atoms with Gasteiger partial charge in [-0.3, -0.25) is 0 Å². The number of rotatable bonds is 12. The molecule has 6 rings (SSSR count). The summed E-state index contributed by atoms with van der Waals surface area (Å²) in [4.78, 5) is 8.69. The van der Waals surface area contributed by atoms with Gasteiger partial charge in [-0.05, 0) is 178 Å². The molecule has 0 saturated carbocycles. The Morgan fingerprint density at radius 3 is 1.93 bits per heavy atom. The lowest BCUT2D eigenvalue weighted by Gasteiger charge is -2.26. The number of nitrogens with two attached hydrogens (primary N) is 1. The molecule has 304 valence electrons. The Morgan fingerprint density at radius 2 is 1.36 bits per heavy atom. The summed E-state index contributed by atoms with van der Waals surface area (Å²) in [5, 5.41) is 9.35. The third kappa shape index (κ3) is 11.1. The highest BCUT2D eigenvalue weighted by Gasteiger charge is 2.24. The second kappa shape index (κ2) is 19.4. The van der Waals surface area contributed by atoms with Crippen molar-refractivity contribution < 1.29 is 30.2 Å². The average molecular weight is 816 g/mol. The first kappa shape index (κ1) is 31.9. The predicted octanol–water partition coefficient (Wildman–Crippen LogP) is 9.19. The number of hydrogen-bond donors (Lipinski definition) is 5. The van der Waals surface area contributed by atoms with Crippen molar-refractivity contribution >= 4 is 50.3 Å². The third-order valence-electron chi connectivity index (χ3n) is 9.08. The van der Waals surface area contributed by atoms with E-state index in [0.717, 1.165) is 22.3 Å². The lowest BCUT2D eigenvalue weighted by molar-refractivity contribution is 0.243. The van der Waals surface area contributed by atoms with Gasteiger partial charge in [0, 0.05) is 12.3 Å². The van der Waals surface area contributed by atoms with E-state index in [1.165, 1.54) is 26.1 Å². The van der Waals surface area contributed by atoms with Gasteiger partial charge < -0.3 is 36.5 Å². The smallest absolute Gasteiger partial charge is 0.229 e. The quantitative estimate of drug-likeness (QED) is 0.0871. The van der Waals surface area contributed by atoms with Gasteiger partial charge in [-0.1, -0.05) is 23.7 Å². The van der Waals surface area contributed by atoms with Crippen molar-refractivity contribution in [3.05, 3.63) is 82.0 Å². The van der Waals surface area contributed by atoms with E-state index < -0.39 is 41.1 Å². The van der Waals surface area contributed by atoms with E-state index in [1.807, 2.05) is 59.7 Å². The van der Waals surface area contributed by atoms with Crippen LogP contribution in [-0.4, -0.2) is 61.8 Å². The van der Waals surface area contributed by atoms with Crippen LogP contribution in [0.25, 0.3) is 0 Å². The van der Waals surface area contributed by atoms with E-state index in [9.17, 15) is 8.42 Å². The molecule has 56 heavy (non-hydrogen) atoms. The molecule has 0 spiro atoms. The number of aromatic nitrogens is 2. The zero-order chi connectivity index (χ0) is 48.7. The number of halogens is 1. The van der Waals surface area contributed by atoms with E-state index in [2.05, 4.69) is 31.2 Å². The molecule has 0 radical (unpaired) electrons. The molecule has 6 N–H and O–H groups in total. The number of nitrogen functional groups attached to an aromatic ring is 1. The fourth-order valence-electron chi connectivity index (χ4n) is 6.31. The molecule has 2 aliphatic rings. The van der Waals surface area contributed by atoms with Gasteiger partial charge in [0.25, 0.3) is 0 Å². The van der Waals surface area contributed by atoms with Crippen LogP contribution in [0.3, 0.4) is 0 Å². The normalized spacial score (nSPS) is 21.6. The van der Waals surface area contributed by atoms with Crippen LogP contribution in [0, 0.1) is 13.8 Å². The summed E-state index contributed by atoms with van der Waals surface area (Å²) in [6, 6.07) is 13.5. The third-order valence-corrected chi connectivity index (χ3v) is 11.4. The Morgan fingerprint density at radius 1 is 0.821 bits per heavy atom. The van der Waals surface area contributed by atoms with Gasteiger partial charge in [0.15, 0.2) is 15.7 Å². The van der Waals surface area contributed by atoms with Crippen LogP contribution >= 0.6 is 11.6 Å². The van der Waals surface area contributed by atoms with E-state index in [4.69, 9.17) is 39.1 Å². The van der Waals surface area contributed by atoms with Crippen molar-refractivity contribution in [3.63, 3.8) is 0 Å². The number of nitrogens with one attached hydrogen (secondary N) is 4. The maximum Gasteiger partial charge on any atom is 0.229 e. The van der Waals surface area contributed by atoms with Crippen LogP contribution in [0.2, 0.25) is 5.02 Å². The second-order valence-electron chi connectivity index (χ2n) is 14.5. The number of hydrogen-bond acceptors (Lipinski definition) is 11. The summed E-state index contributed by atoms with van der Waals surface area (Å²) in [6.07, 6.45) is 1.80. The van der Waals surface area contributed by atoms with Gasteiger partial charge in [-0.25, -0.2) is 13.4 Å². The fourth-order valence-corrected chi connectivity index (χ4v) is 7.55. The van der Waals surface area contributed by atoms with Crippen LogP contribution in [0.5, 0.6) is 11.5 Å². The number of para-hydroxylation sites is 1. The van der Waals surface area contributed by atoms with Gasteiger partial charge >= 0.3 is 0 Å². The zero-order valence-electron chi connectivity index (χ0n) is 42.2. The van der Waals surface area contributed by atoms with Crippen molar-refractivity contribution in [2.45, 2.75) is 115 Å². The Bertz CT molecular complexity index is 2440. The molecule has 11 nitrogen and oxygen atoms in total. The number of aryl methyl sites for hydroxylation is 2. The average Bonchev–Trinajstić information content (AvgIpc) is 3.12. The summed E-state index contributed by atoms with van der Waals surface area (Å²) in [5.74, 6) is 0.711. The summed E-state index contributed by atoms with van der Waals surface area (Å²) >= 11 is 6.39. The largest absolute Gasteiger partial charge is 0.489 e. The molecule has 0 unspecified atom stereocenters. The number of benzene rings is 3. The van der Waals surface area contributed by atoms with Gasteiger partial charge in [-0.2, -0.15) is 4.98 Å². The minimum atomic E-state index is -4.01. The van der Waals surface area contributed by atoms with Crippen LogP contribution in [0.1, 0.15) is 114 Å². The van der Waals surface area contributed by atoms with Crippen molar-refractivity contribution in [1.29, 1.82) is 0 Å². The minimum absolute atomic E-state index is 0.0104. The number of anilines is 5. The molecule has 2 saturated heterocycles. The van der Waals surface area contributed by atoms with Crippen molar-refractivity contribution in [2.24, 2.45) is 0 Å². The molecule has 13 heteroatoms. The van der Waals surface area contributed by atoms with E-state index in [1.54, 1.807) is 24.3 Å². The monoisotopic (exact) mass is 814 g/mol. The molecule has 2 fully saturated rings. The standard InChI is InChI=1S/C28H36ClN5O3S.C15H24N2O/c1-17(2)37-25-15-21(20-10-12-30-13-11-20)19(5)14-24(25)33-28-31-16-22(29)27(34-28)32-23-8-6-7-9-26(23)38(35,36)18(3)4;1-10(2)18-15-9-13(11(3)8-14(15)16)12-4-6-17-7-5-12/h6-9,14-18,20,30H,10-13H2,1-5H3,(H2,31,32,33,34);8-10,12,17H,4-7,16H2,1-3H3/i12D2,13D2,18D;6D2,7D2. The summed E-state index contributed by atoms with van der Waals surface area (Å²) < 4.78 is 110. The topological polar surface area (TPSA) is 153 Å². The number of ether oxygens (including phenoxy) is 2. The molecule has 4 aromatic rings. The minimum Gasteiger partial charge on any atom is -0.489 e. The molecule has 0 amide bonds. The molecular weight excluding hydrogens is 746 g/mol. The molecular formula is C43H60ClN7O4S. The summed E-state index contributed by atoms with van der Waals surface area (Å²) in [5.41, 5.74) is 10.7. The highest BCUT2D eigenvalue weighted by Crippen LogP contribution is 2.38. The molecule has 2 aliphatic heterocycles. The zero-order valence-corrected chi connectivity index (χ0v) is 34.8. The molecule has 3 aromatic carbocycles. The summed E-state index contributed by atoms with van der Waals surface area (Å²) in [6.45, 7) is 6.76. The SMILES string of the molecule is [2H]C1([2H])CC(c2cc(OC(C)C)c(N)cc2C)CC([2H])([2H])N1.[2H]C1([2H])CC(c2cc(OC(C)C)c(Nc3ncc(Cl)c(Nc4ccccc4S(=O)(=O)C([2H])(C)C)n3)cc2C)CC([2H])([2H])N1. The Kier molecular flexibility index (Phi) is 11.0. The number of sulfone groups is 1. The van der Waals surface area contributed by atoms with Gasteiger partial charge in [0.2, 0.25) is 5.95 Å². The molecule has 1 aromatic heterocycles. The maximum atomic E-state index is 13.1. The predicted molar refractivity (Wildman–Crippen MR) is 230 cm³/mol. The first-order valence-electron chi connectivity index (χ1n) is 23.1. The lowest BCUT2D eigenvalue weighted by atomic mass is 9.87. The Labute approximate surface area is 351 Å². The Hall–Kier alpha value is -4.10.